The molecule has 1 aliphatic rings. The van der Waals surface area contributed by atoms with Gasteiger partial charge < -0.3 is 9.64 Å². The number of carbonyl (C=O) groups excluding carboxylic acids is 1. The highest BCUT2D eigenvalue weighted by atomic mass is 35.5. The average molecular weight is 234 g/mol. The van der Waals surface area contributed by atoms with Gasteiger partial charge in [-0.05, 0) is 26.2 Å². The highest BCUT2D eigenvalue weighted by Crippen LogP contribution is 2.09. The molecule has 0 aliphatic carbocycles. The van der Waals surface area contributed by atoms with Crippen LogP contribution in [0.4, 0.5) is 0 Å². The number of alkyl halides is 1. The SMILES string of the molecule is CC1CN(C(=O)CCCCCl)CCCO1. The van der Waals surface area contributed by atoms with Gasteiger partial charge in [0.05, 0.1) is 6.10 Å². The first-order valence-corrected chi connectivity index (χ1v) is 6.23. The van der Waals surface area contributed by atoms with E-state index in [0.717, 1.165) is 39.0 Å². The monoisotopic (exact) mass is 233 g/mol. The molecule has 1 atom stereocenters. The molecule has 1 heterocycles. The highest BCUT2D eigenvalue weighted by Gasteiger charge is 2.18. The van der Waals surface area contributed by atoms with E-state index in [1.165, 1.54) is 0 Å². The van der Waals surface area contributed by atoms with E-state index in [-0.39, 0.29) is 12.0 Å². The molecule has 0 bridgehead atoms. The Morgan fingerprint density at radius 1 is 1.53 bits per heavy atom. The van der Waals surface area contributed by atoms with Crippen molar-refractivity contribution in [3.8, 4) is 0 Å². The molecule has 0 saturated carbocycles. The highest BCUT2D eigenvalue weighted by molar-refractivity contribution is 6.17. The summed E-state index contributed by atoms with van der Waals surface area (Å²) in [5, 5.41) is 0. The van der Waals surface area contributed by atoms with Crippen LogP contribution in [0.2, 0.25) is 0 Å². The van der Waals surface area contributed by atoms with Crippen LogP contribution in [0.5, 0.6) is 0 Å². The Morgan fingerprint density at radius 2 is 2.33 bits per heavy atom. The van der Waals surface area contributed by atoms with Gasteiger partial charge >= 0.3 is 0 Å². The van der Waals surface area contributed by atoms with Gasteiger partial charge in [0, 0.05) is 32.0 Å². The summed E-state index contributed by atoms with van der Waals surface area (Å²) in [7, 11) is 0. The van der Waals surface area contributed by atoms with Crippen molar-refractivity contribution in [2.75, 3.05) is 25.6 Å². The van der Waals surface area contributed by atoms with Crippen LogP contribution in [-0.2, 0) is 9.53 Å². The first-order valence-electron chi connectivity index (χ1n) is 5.69. The molecule has 1 amide bonds. The van der Waals surface area contributed by atoms with E-state index in [1.54, 1.807) is 0 Å². The number of rotatable bonds is 4. The number of hydrogen-bond acceptors (Lipinski definition) is 2. The molecule has 0 aromatic heterocycles. The third-order valence-corrected chi connectivity index (χ3v) is 2.85. The van der Waals surface area contributed by atoms with Gasteiger partial charge in [-0.1, -0.05) is 0 Å². The molecular formula is C11H20ClNO2. The third-order valence-electron chi connectivity index (χ3n) is 2.58. The predicted octanol–water partition coefficient (Wildman–Crippen LogP) is 2.03. The Hall–Kier alpha value is -0.280. The standard InChI is InChI=1S/C11H20ClNO2/c1-10-9-13(7-4-8-15-10)11(14)5-2-3-6-12/h10H,2-9H2,1H3. The number of unbranched alkanes of at least 4 members (excludes halogenated alkanes) is 1. The van der Waals surface area contributed by atoms with Crippen molar-refractivity contribution in [2.24, 2.45) is 0 Å². The van der Waals surface area contributed by atoms with Crippen LogP contribution in [-0.4, -0.2) is 42.5 Å². The van der Waals surface area contributed by atoms with Gasteiger partial charge in [-0.25, -0.2) is 0 Å². The zero-order chi connectivity index (χ0) is 11.1. The molecule has 1 fully saturated rings. The van der Waals surface area contributed by atoms with Crippen molar-refractivity contribution in [3.05, 3.63) is 0 Å². The third kappa shape index (κ3) is 4.85. The summed E-state index contributed by atoms with van der Waals surface area (Å²) >= 11 is 5.58. The first-order chi connectivity index (χ1) is 7.24. The normalized spacial score (nSPS) is 22.5. The van der Waals surface area contributed by atoms with Crippen molar-refractivity contribution in [1.29, 1.82) is 0 Å². The summed E-state index contributed by atoms with van der Waals surface area (Å²) < 4.78 is 5.49. The minimum absolute atomic E-state index is 0.171. The average Bonchev–Trinajstić information content (AvgIpc) is 2.43. The van der Waals surface area contributed by atoms with Gasteiger partial charge in [-0.15, -0.1) is 11.6 Å². The fourth-order valence-corrected chi connectivity index (χ4v) is 1.94. The Bertz CT molecular complexity index is 199. The van der Waals surface area contributed by atoms with Crippen LogP contribution in [0.15, 0.2) is 0 Å². The summed E-state index contributed by atoms with van der Waals surface area (Å²) in [6, 6.07) is 0. The zero-order valence-electron chi connectivity index (χ0n) is 9.38. The second-order valence-corrected chi connectivity index (χ2v) is 4.40. The Balaban J connectivity index is 2.29. The molecule has 1 saturated heterocycles. The lowest BCUT2D eigenvalue weighted by Crippen LogP contribution is -2.35. The van der Waals surface area contributed by atoms with Crippen LogP contribution in [0.3, 0.4) is 0 Å². The number of amides is 1. The van der Waals surface area contributed by atoms with Crippen molar-refractivity contribution in [1.82, 2.24) is 4.90 Å². The van der Waals surface area contributed by atoms with E-state index in [1.807, 2.05) is 11.8 Å². The lowest BCUT2D eigenvalue weighted by atomic mass is 10.2. The van der Waals surface area contributed by atoms with Crippen LogP contribution in [0.25, 0.3) is 0 Å². The number of hydrogen-bond donors (Lipinski definition) is 0. The lowest BCUT2D eigenvalue weighted by molar-refractivity contribution is -0.132. The van der Waals surface area contributed by atoms with E-state index in [0.29, 0.717) is 12.3 Å². The number of carbonyl (C=O) groups is 1. The quantitative estimate of drug-likeness (QED) is 0.549. The van der Waals surface area contributed by atoms with E-state index in [2.05, 4.69) is 0 Å². The summed E-state index contributed by atoms with van der Waals surface area (Å²) in [5.41, 5.74) is 0. The van der Waals surface area contributed by atoms with Crippen LogP contribution >= 0.6 is 11.6 Å². The maximum absolute atomic E-state index is 11.8. The van der Waals surface area contributed by atoms with Gasteiger partial charge in [0.1, 0.15) is 0 Å². The second-order valence-electron chi connectivity index (χ2n) is 4.02. The van der Waals surface area contributed by atoms with Gasteiger partial charge in [0.15, 0.2) is 0 Å². The summed E-state index contributed by atoms with van der Waals surface area (Å²) in [6.45, 7) is 4.36. The van der Waals surface area contributed by atoms with Crippen molar-refractivity contribution in [3.63, 3.8) is 0 Å². The van der Waals surface area contributed by atoms with Crippen LogP contribution in [0, 0.1) is 0 Å². The second kappa shape index (κ2) is 7.07. The van der Waals surface area contributed by atoms with Crippen molar-refractivity contribution >= 4 is 17.5 Å². The fourth-order valence-electron chi connectivity index (χ4n) is 1.75. The fraction of sp³-hybridized carbons (Fsp3) is 0.909. The van der Waals surface area contributed by atoms with Gasteiger partial charge in [-0.3, -0.25) is 4.79 Å². The molecule has 15 heavy (non-hydrogen) atoms. The molecule has 1 rings (SSSR count). The van der Waals surface area contributed by atoms with Gasteiger partial charge in [0.25, 0.3) is 0 Å². The van der Waals surface area contributed by atoms with E-state index >= 15 is 0 Å². The molecule has 88 valence electrons. The molecule has 4 heteroatoms. The number of ether oxygens (including phenoxy) is 1. The van der Waals surface area contributed by atoms with Crippen molar-refractivity contribution < 1.29 is 9.53 Å². The van der Waals surface area contributed by atoms with E-state index in [9.17, 15) is 4.79 Å². The lowest BCUT2D eigenvalue weighted by Gasteiger charge is -2.22. The van der Waals surface area contributed by atoms with Crippen LogP contribution in [0.1, 0.15) is 32.6 Å². The molecule has 0 radical (unpaired) electrons. The summed E-state index contributed by atoms with van der Waals surface area (Å²) in [6.07, 6.45) is 3.57. The molecular weight excluding hydrogens is 214 g/mol. The smallest absolute Gasteiger partial charge is 0.222 e. The Kier molecular flexibility index (Phi) is 6.03. The molecule has 3 nitrogen and oxygen atoms in total. The Labute approximate surface area is 96.7 Å². The molecule has 0 N–H and O–H groups in total. The minimum atomic E-state index is 0.171. The summed E-state index contributed by atoms with van der Waals surface area (Å²) in [4.78, 5) is 13.7. The molecule has 0 aromatic rings. The summed E-state index contributed by atoms with van der Waals surface area (Å²) in [5.74, 6) is 0.893. The van der Waals surface area contributed by atoms with Crippen LogP contribution < -0.4 is 0 Å². The number of nitrogens with zero attached hydrogens (tertiary/aromatic N) is 1. The minimum Gasteiger partial charge on any atom is -0.377 e. The molecule has 1 aliphatic heterocycles. The molecule has 1 unspecified atom stereocenters. The van der Waals surface area contributed by atoms with Gasteiger partial charge in [0.2, 0.25) is 5.91 Å². The zero-order valence-corrected chi connectivity index (χ0v) is 10.1. The number of halogens is 1. The topological polar surface area (TPSA) is 29.5 Å². The van der Waals surface area contributed by atoms with E-state index in [4.69, 9.17) is 16.3 Å². The largest absolute Gasteiger partial charge is 0.377 e. The first kappa shape index (κ1) is 12.8. The van der Waals surface area contributed by atoms with Crippen molar-refractivity contribution in [2.45, 2.75) is 38.7 Å². The van der Waals surface area contributed by atoms with E-state index < -0.39 is 0 Å². The Morgan fingerprint density at radius 3 is 3.07 bits per heavy atom. The molecule has 0 aromatic carbocycles. The predicted molar refractivity (Wildman–Crippen MR) is 61.2 cm³/mol. The van der Waals surface area contributed by atoms with Gasteiger partial charge in [-0.2, -0.15) is 0 Å². The maximum Gasteiger partial charge on any atom is 0.222 e. The molecule has 0 spiro atoms. The maximum atomic E-state index is 11.8.